The summed E-state index contributed by atoms with van der Waals surface area (Å²) < 4.78 is 7.72. The molecule has 2 fully saturated rings. The van der Waals surface area contributed by atoms with E-state index in [1.54, 1.807) is 11.8 Å². The van der Waals surface area contributed by atoms with Gasteiger partial charge in [-0.25, -0.2) is 0 Å². The summed E-state index contributed by atoms with van der Waals surface area (Å²) in [6, 6.07) is 16.6. The number of rotatable bonds is 5. The van der Waals surface area contributed by atoms with E-state index >= 15 is 0 Å². The normalized spacial score (nSPS) is 17.8. The summed E-state index contributed by atoms with van der Waals surface area (Å²) in [6.45, 7) is 3.08. The Hall–Kier alpha value is -2.49. The molecule has 0 spiro atoms. The molecule has 2 aromatic carbocycles. The molecule has 1 amide bonds. The Morgan fingerprint density at radius 3 is 2.31 bits per heavy atom. The van der Waals surface area contributed by atoms with Crippen LogP contribution in [0.1, 0.15) is 18.9 Å². The van der Waals surface area contributed by atoms with E-state index in [-0.39, 0.29) is 5.91 Å². The van der Waals surface area contributed by atoms with Gasteiger partial charge in [0.25, 0.3) is 0 Å². The summed E-state index contributed by atoms with van der Waals surface area (Å²) in [5.41, 5.74) is 1.89. The van der Waals surface area contributed by atoms with Gasteiger partial charge >= 0.3 is 0 Å². The smallest absolute Gasteiger partial charge is 0.242 e. The first-order chi connectivity index (χ1) is 15.8. The number of fused-ring (bicyclic) bond motifs is 2. The molecule has 0 unspecified atom stereocenters. The molecule has 6 rings (SSSR count). The number of nitrogens with zero attached hydrogens (tertiary/aromatic N) is 5. The molecular formula is C23H23N5O2S2. The van der Waals surface area contributed by atoms with Crippen LogP contribution in [0.3, 0.4) is 0 Å². The molecular weight excluding hydrogens is 442 g/mol. The van der Waals surface area contributed by atoms with Gasteiger partial charge in [-0.05, 0) is 37.1 Å². The van der Waals surface area contributed by atoms with Crippen LogP contribution in [-0.2, 0) is 9.53 Å². The summed E-state index contributed by atoms with van der Waals surface area (Å²) in [5, 5.41) is 9.80. The van der Waals surface area contributed by atoms with Gasteiger partial charge in [-0.3, -0.25) is 14.3 Å². The molecule has 1 aliphatic carbocycles. The topological polar surface area (TPSA) is 63.5 Å². The number of amides is 1. The maximum Gasteiger partial charge on any atom is 0.242 e. The van der Waals surface area contributed by atoms with E-state index in [9.17, 15) is 4.79 Å². The average Bonchev–Trinajstić information content (AvgIpc) is 3.60. The molecule has 3 aliphatic rings. The molecule has 32 heavy (non-hydrogen) atoms. The maximum atomic E-state index is 13.5. The maximum absolute atomic E-state index is 13.5. The van der Waals surface area contributed by atoms with Gasteiger partial charge in [0.15, 0.2) is 5.16 Å². The predicted octanol–water partition coefficient (Wildman–Crippen LogP) is 4.37. The lowest BCUT2D eigenvalue weighted by molar-refractivity contribution is -0.115. The second kappa shape index (κ2) is 8.46. The first-order valence-electron chi connectivity index (χ1n) is 10.9. The molecule has 164 valence electrons. The van der Waals surface area contributed by atoms with Crippen molar-refractivity contribution in [1.29, 1.82) is 0 Å². The molecule has 0 N–H and O–H groups in total. The highest BCUT2D eigenvalue weighted by Crippen LogP contribution is 2.48. The first kappa shape index (κ1) is 20.1. The van der Waals surface area contributed by atoms with E-state index in [1.165, 1.54) is 11.8 Å². The molecule has 1 saturated carbocycles. The van der Waals surface area contributed by atoms with Crippen LogP contribution in [0.2, 0.25) is 0 Å². The van der Waals surface area contributed by atoms with Crippen molar-refractivity contribution in [3.63, 3.8) is 0 Å². The van der Waals surface area contributed by atoms with Crippen LogP contribution in [0.25, 0.3) is 0 Å². The predicted molar refractivity (Wildman–Crippen MR) is 126 cm³/mol. The largest absolute Gasteiger partial charge is 0.378 e. The van der Waals surface area contributed by atoms with Gasteiger partial charge in [0.2, 0.25) is 11.9 Å². The number of para-hydroxylation sites is 2. The fraction of sp³-hybridized carbons (Fsp3) is 0.348. The zero-order valence-electron chi connectivity index (χ0n) is 17.5. The number of thioether (sulfide) groups is 1. The molecule has 0 radical (unpaired) electrons. The van der Waals surface area contributed by atoms with Crippen LogP contribution in [0.15, 0.2) is 63.5 Å². The minimum absolute atomic E-state index is 0.0495. The van der Waals surface area contributed by atoms with Crippen LogP contribution in [0, 0.1) is 0 Å². The number of hydrogen-bond acceptors (Lipinski definition) is 7. The van der Waals surface area contributed by atoms with Gasteiger partial charge in [0.1, 0.15) is 0 Å². The van der Waals surface area contributed by atoms with Gasteiger partial charge < -0.3 is 9.64 Å². The lowest BCUT2D eigenvalue weighted by Gasteiger charge is -2.31. The molecule has 7 nitrogen and oxygen atoms in total. The molecule has 0 bridgehead atoms. The second-order valence-electron chi connectivity index (χ2n) is 8.04. The third kappa shape index (κ3) is 3.68. The van der Waals surface area contributed by atoms with Gasteiger partial charge in [0, 0.05) is 28.9 Å². The second-order valence-corrected chi connectivity index (χ2v) is 10.1. The summed E-state index contributed by atoms with van der Waals surface area (Å²) in [7, 11) is 0. The Balaban J connectivity index is 1.26. The van der Waals surface area contributed by atoms with Crippen LogP contribution in [-0.4, -0.2) is 52.7 Å². The lowest BCUT2D eigenvalue weighted by Crippen LogP contribution is -2.38. The van der Waals surface area contributed by atoms with Crippen molar-refractivity contribution in [2.45, 2.75) is 33.8 Å². The monoisotopic (exact) mass is 465 g/mol. The van der Waals surface area contributed by atoms with E-state index in [1.807, 2.05) is 41.3 Å². The van der Waals surface area contributed by atoms with Crippen molar-refractivity contribution in [3.05, 3.63) is 48.5 Å². The third-order valence-corrected chi connectivity index (χ3v) is 7.92. The number of carbonyl (C=O) groups excluding carboxylic acids is 1. The number of morpholine rings is 1. The number of ether oxygens (including phenoxy) is 1. The number of carbonyl (C=O) groups is 1. The highest BCUT2D eigenvalue weighted by atomic mass is 32.2. The van der Waals surface area contributed by atoms with Crippen molar-refractivity contribution in [3.8, 4) is 0 Å². The first-order valence-corrected chi connectivity index (χ1v) is 12.7. The zero-order valence-corrected chi connectivity index (χ0v) is 19.1. The van der Waals surface area contributed by atoms with Crippen LogP contribution < -0.4 is 9.80 Å². The molecule has 9 heteroatoms. The Morgan fingerprint density at radius 1 is 1.00 bits per heavy atom. The number of anilines is 3. The molecule has 1 saturated heterocycles. The summed E-state index contributed by atoms with van der Waals surface area (Å²) in [6.07, 6.45) is 2.28. The van der Waals surface area contributed by atoms with Crippen LogP contribution >= 0.6 is 23.5 Å². The molecule has 0 atom stereocenters. The Morgan fingerprint density at radius 2 is 1.66 bits per heavy atom. The summed E-state index contributed by atoms with van der Waals surface area (Å²) in [5.74, 6) is 1.27. The highest BCUT2D eigenvalue weighted by Gasteiger charge is 2.33. The van der Waals surface area contributed by atoms with Crippen molar-refractivity contribution in [2.24, 2.45) is 0 Å². The van der Waals surface area contributed by atoms with Crippen molar-refractivity contribution < 1.29 is 9.53 Å². The van der Waals surface area contributed by atoms with E-state index in [2.05, 4.69) is 31.8 Å². The van der Waals surface area contributed by atoms with E-state index in [4.69, 9.17) is 4.74 Å². The SMILES string of the molecule is O=C(CSc1nnc(N2CCOCC2)n1C1CC1)N1c2ccccc2Sc2ccccc21. The molecule has 2 aliphatic heterocycles. The minimum Gasteiger partial charge on any atom is -0.378 e. The number of aromatic nitrogens is 3. The third-order valence-electron chi connectivity index (χ3n) is 5.86. The van der Waals surface area contributed by atoms with Gasteiger partial charge in [-0.15, -0.1) is 10.2 Å². The molecule has 3 aromatic rings. The quantitative estimate of drug-likeness (QED) is 0.519. The van der Waals surface area contributed by atoms with E-state index in [0.29, 0.717) is 25.0 Å². The molecule has 3 heterocycles. The van der Waals surface area contributed by atoms with E-state index < -0.39 is 0 Å². The van der Waals surface area contributed by atoms with Crippen molar-refractivity contribution >= 4 is 46.8 Å². The average molecular weight is 466 g/mol. The minimum atomic E-state index is 0.0495. The lowest BCUT2D eigenvalue weighted by atomic mass is 10.2. The Bertz CT molecular complexity index is 1110. The Labute approximate surface area is 195 Å². The summed E-state index contributed by atoms with van der Waals surface area (Å²) in [4.78, 5) is 19.8. The van der Waals surface area contributed by atoms with E-state index in [0.717, 1.165) is 58.2 Å². The zero-order chi connectivity index (χ0) is 21.5. The Kier molecular flexibility index (Phi) is 5.32. The van der Waals surface area contributed by atoms with Crippen molar-refractivity contribution in [2.75, 3.05) is 41.9 Å². The molecule has 1 aromatic heterocycles. The fourth-order valence-electron chi connectivity index (χ4n) is 4.16. The summed E-state index contributed by atoms with van der Waals surface area (Å²) >= 11 is 3.19. The van der Waals surface area contributed by atoms with Gasteiger partial charge in [-0.2, -0.15) is 0 Å². The standard InChI is InChI=1S/C23H23N5O2S2/c29-21(28-17-5-1-3-7-19(17)32-20-8-4-2-6-18(20)28)15-31-23-25-24-22(27(23)16-9-10-16)26-11-13-30-14-12-26/h1-8,16H,9-15H2. The van der Waals surface area contributed by atoms with Gasteiger partial charge in [0.05, 0.1) is 30.3 Å². The van der Waals surface area contributed by atoms with Crippen LogP contribution in [0.5, 0.6) is 0 Å². The van der Waals surface area contributed by atoms with Crippen molar-refractivity contribution in [1.82, 2.24) is 14.8 Å². The highest BCUT2D eigenvalue weighted by molar-refractivity contribution is 8.00. The number of benzene rings is 2. The fourth-order valence-corrected chi connectivity index (χ4v) is 6.07. The van der Waals surface area contributed by atoms with Gasteiger partial charge in [-0.1, -0.05) is 47.8 Å². The van der Waals surface area contributed by atoms with Crippen LogP contribution in [0.4, 0.5) is 17.3 Å². The number of hydrogen-bond donors (Lipinski definition) is 0.